The summed E-state index contributed by atoms with van der Waals surface area (Å²) < 4.78 is 5.33. The molecule has 0 aliphatic rings. The van der Waals surface area contributed by atoms with E-state index in [-0.39, 0.29) is 6.15 Å². The minimum atomic E-state index is 0. The Balaban J connectivity index is 0. The molecule has 0 fully saturated rings. The van der Waals surface area contributed by atoms with E-state index in [1.165, 1.54) is 25.7 Å². The highest BCUT2D eigenvalue weighted by Crippen LogP contribution is 1.98. The number of ether oxygens (including phenoxy) is 1. The molecule has 0 bridgehead atoms. The predicted octanol–water partition coefficient (Wildman–Crippen LogP) is 3.16. The van der Waals surface area contributed by atoms with Crippen LogP contribution in [0.2, 0.25) is 0 Å². The van der Waals surface area contributed by atoms with E-state index in [0.717, 1.165) is 19.6 Å². The zero-order valence-corrected chi connectivity index (χ0v) is 8.07. The van der Waals surface area contributed by atoms with Crippen molar-refractivity contribution in [1.29, 1.82) is 0 Å². The molecular formula is C9H23NO. The highest BCUT2D eigenvalue weighted by atomic mass is 16.5. The van der Waals surface area contributed by atoms with Gasteiger partial charge in [0.25, 0.3) is 0 Å². The van der Waals surface area contributed by atoms with Crippen LogP contribution >= 0.6 is 0 Å². The van der Waals surface area contributed by atoms with Gasteiger partial charge in [0.15, 0.2) is 0 Å². The normalized spacial score (nSPS) is 9.27. The third-order valence-corrected chi connectivity index (χ3v) is 1.49. The molecule has 0 aromatic rings. The minimum Gasteiger partial charge on any atom is -0.381 e. The molecule has 70 valence electrons. The van der Waals surface area contributed by atoms with Gasteiger partial charge in [-0.2, -0.15) is 0 Å². The molecule has 0 aliphatic carbocycles. The van der Waals surface area contributed by atoms with Gasteiger partial charge < -0.3 is 10.9 Å². The van der Waals surface area contributed by atoms with Crippen molar-refractivity contribution >= 4 is 0 Å². The van der Waals surface area contributed by atoms with E-state index in [0.29, 0.717) is 0 Å². The molecule has 0 aromatic heterocycles. The fourth-order valence-corrected chi connectivity index (χ4v) is 0.877. The van der Waals surface area contributed by atoms with E-state index >= 15 is 0 Å². The predicted molar refractivity (Wildman–Crippen MR) is 50.3 cm³/mol. The molecule has 0 radical (unpaired) electrons. The summed E-state index contributed by atoms with van der Waals surface area (Å²) >= 11 is 0. The van der Waals surface area contributed by atoms with E-state index in [4.69, 9.17) is 4.74 Å². The van der Waals surface area contributed by atoms with E-state index in [2.05, 4.69) is 13.8 Å². The van der Waals surface area contributed by atoms with E-state index in [1.807, 2.05) is 0 Å². The Labute approximate surface area is 70.9 Å². The van der Waals surface area contributed by atoms with E-state index < -0.39 is 0 Å². The molecular weight excluding hydrogens is 138 g/mol. The molecule has 3 N–H and O–H groups in total. The van der Waals surface area contributed by atoms with E-state index in [1.54, 1.807) is 0 Å². The average Bonchev–Trinajstić information content (AvgIpc) is 1.97. The van der Waals surface area contributed by atoms with Crippen LogP contribution in [0.25, 0.3) is 0 Å². The molecule has 11 heavy (non-hydrogen) atoms. The van der Waals surface area contributed by atoms with Gasteiger partial charge in [-0.3, -0.25) is 0 Å². The van der Waals surface area contributed by atoms with Crippen LogP contribution < -0.4 is 6.15 Å². The highest BCUT2D eigenvalue weighted by Gasteiger charge is 1.86. The Morgan fingerprint density at radius 1 is 0.818 bits per heavy atom. The van der Waals surface area contributed by atoms with Crippen molar-refractivity contribution in [3.05, 3.63) is 0 Å². The Hall–Kier alpha value is -0.0800. The van der Waals surface area contributed by atoms with Crippen LogP contribution in [0, 0.1) is 0 Å². The van der Waals surface area contributed by atoms with Gasteiger partial charge in [0.2, 0.25) is 0 Å². The summed E-state index contributed by atoms with van der Waals surface area (Å²) in [6, 6.07) is 0. The summed E-state index contributed by atoms with van der Waals surface area (Å²) in [6.45, 7) is 6.28. The number of unbranched alkanes of at least 4 members (excludes halogenated alkanes) is 3. The second-order valence-corrected chi connectivity index (χ2v) is 2.67. The Morgan fingerprint density at radius 2 is 1.55 bits per heavy atom. The zero-order chi connectivity index (χ0) is 7.66. The van der Waals surface area contributed by atoms with Crippen LogP contribution in [0.5, 0.6) is 0 Å². The second-order valence-electron chi connectivity index (χ2n) is 2.67. The third-order valence-electron chi connectivity index (χ3n) is 1.49. The minimum absolute atomic E-state index is 0. The first-order valence-electron chi connectivity index (χ1n) is 4.49. The Morgan fingerprint density at radius 3 is 2.09 bits per heavy atom. The van der Waals surface area contributed by atoms with Gasteiger partial charge in [-0.25, -0.2) is 0 Å². The van der Waals surface area contributed by atoms with Crippen molar-refractivity contribution in [2.75, 3.05) is 13.2 Å². The maximum absolute atomic E-state index is 5.33. The molecule has 0 aromatic carbocycles. The first-order valence-corrected chi connectivity index (χ1v) is 4.49. The molecule has 0 spiro atoms. The van der Waals surface area contributed by atoms with Gasteiger partial charge >= 0.3 is 0 Å². The zero-order valence-electron chi connectivity index (χ0n) is 8.07. The van der Waals surface area contributed by atoms with Crippen molar-refractivity contribution in [2.45, 2.75) is 46.0 Å². The number of rotatable bonds is 7. The summed E-state index contributed by atoms with van der Waals surface area (Å²) in [5.74, 6) is 0. The largest absolute Gasteiger partial charge is 0.381 e. The van der Waals surface area contributed by atoms with Crippen LogP contribution in [-0.4, -0.2) is 13.2 Å². The van der Waals surface area contributed by atoms with Gasteiger partial charge in [-0.05, 0) is 12.8 Å². The van der Waals surface area contributed by atoms with Gasteiger partial charge in [-0.15, -0.1) is 0 Å². The highest BCUT2D eigenvalue weighted by molar-refractivity contribution is 4.38. The molecule has 0 atom stereocenters. The average molecular weight is 161 g/mol. The Bertz CT molecular complexity index is 49.5. The molecule has 2 heteroatoms. The van der Waals surface area contributed by atoms with Gasteiger partial charge in [0, 0.05) is 13.2 Å². The molecule has 0 saturated carbocycles. The number of hydrogen-bond acceptors (Lipinski definition) is 2. The lowest BCUT2D eigenvalue weighted by atomic mass is 10.2. The first kappa shape index (κ1) is 13.5. The fourth-order valence-electron chi connectivity index (χ4n) is 0.877. The van der Waals surface area contributed by atoms with Crippen molar-refractivity contribution in [2.24, 2.45) is 0 Å². The van der Waals surface area contributed by atoms with Gasteiger partial charge in [0.1, 0.15) is 0 Å². The van der Waals surface area contributed by atoms with E-state index in [9.17, 15) is 0 Å². The molecule has 0 saturated heterocycles. The second kappa shape index (κ2) is 12.6. The van der Waals surface area contributed by atoms with Crippen LogP contribution in [0.3, 0.4) is 0 Å². The standard InChI is InChI=1S/C9H20O.H3N/c1-3-5-6-7-9-10-8-4-2;/h3-9H2,1-2H3;1H3. The van der Waals surface area contributed by atoms with Crippen molar-refractivity contribution in [3.8, 4) is 0 Å². The summed E-state index contributed by atoms with van der Waals surface area (Å²) in [5, 5.41) is 0. The monoisotopic (exact) mass is 161 g/mol. The molecule has 0 rings (SSSR count). The molecule has 0 aliphatic heterocycles. The van der Waals surface area contributed by atoms with Crippen molar-refractivity contribution in [3.63, 3.8) is 0 Å². The lowest BCUT2D eigenvalue weighted by Crippen LogP contribution is -1.94. The van der Waals surface area contributed by atoms with Crippen LogP contribution in [0.1, 0.15) is 46.0 Å². The molecule has 0 amide bonds. The van der Waals surface area contributed by atoms with Crippen LogP contribution in [-0.2, 0) is 4.74 Å². The van der Waals surface area contributed by atoms with Crippen molar-refractivity contribution < 1.29 is 4.74 Å². The lowest BCUT2D eigenvalue weighted by molar-refractivity contribution is 0.130. The quantitative estimate of drug-likeness (QED) is 0.583. The topological polar surface area (TPSA) is 44.2 Å². The van der Waals surface area contributed by atoms with Gasteiger partial charge in [-0.1, -0.05) is 33.1 Å². The summed E-state index contributed by atoms with van der Waals surface area (Å²) in [7, 11) is 0. The Kier molecular flexibility index (Phi) is 15.4. The smallest absolute Gasteiger partial charge is 0.0466 e. The third kappa shape index (κ3) is 13.0. The van der Waals surface area contributed by atoms with Gasteiger partial charge in [0.05, 0.1) is 0 Å². The summed E-state index contributed by atoms with van der Waals surface area (Å²) in [5.41, 5.74) is 0. The summed E-state index contributed by atoms with van der Waals surface area (Å²) in [4.78, 5) is 0. The molecule has 0 unspecified atom stereocenters. The maximum atomic E-state index is 5.33. The molecule has 0 heterocycles. The maximum Gasteiger partial charge on any atom is 0.0466 e. The lowest BCUT2D eigenvalue weighted by Gasteiger charge is -2.00. The molecule has 2 nitrogen and oxygen atoms in total. The van der Waals surface area contributed by atoms with Crippen LogP contribution in [0.15, 0.2) is 0 Å². The van der Waals surface area contributed by atoms with Crippen molar-refractivity contribution in [1.82, 2.24) is 6.15 Å². The number of hydrogen-bond donors (Lipinski definition) is 1. The fraction of sp³-hybridized carbons (Fsp3) is 1.00. The van der Waals surface area contributed by atoms with Crippen LogP contribution in [0.4, 0.5) is 0 Å². The SMILES string of the molecule is CCCCCCOCCC.N. The first-order chi connectivity index (χ1) is 4.91. The summed E-state index contributed by atoms with van der Waals surface area (Å²) in [6.07, 6.45) is 6.39.